The van der Waals surface area contributed by atoms with E-state index < -0.39 is 11.9 Å². The maximum absolute atomic E-state index is 12.2. The number of aliphatic carboxylic acids is 1. The van der Waals surface area contributed by atoms with Crippen LogP contribution in [0.5, 0.6) is 0 Å². The molecule has 0 radical (unpaired) electrons. The molecule has 1 unspecified atom stereocenters. The summed E-state index contributed by atoms with van der Waals surface area (Å²) >= 11 is 11.6. The van der Waals surface area contributed by atoms with Gasteiger partial charge in [0.15, 0.2) is 5.78 Å². The van der Waals surface area contributed by atoms with Gasteiger partial charge in [0.1, 0.15) is 0 Å². The van der Waals surface area contributed by atoms with Gasteiger partial charge >= 0.3 is 5.97 Å². The molecule has 0 aliphatic carbocycles. The zero-order chi connectivity index (χ0) is 15.4. The number of carboxylic acid groups (broad SMARTS) is 1. The fraction of sp³-hybridized carbons (Fsp3) is 0.125. The molecular weight excluding hydrogens is 311 g/mol. The number of halogens is 2. The van der Waals surface area contributed by atoms with Crippen LogP contribution in [0.15, 0.2) is 48.5 Å². The van der Waals surface area contributed by atoms with Gasteiger partial charge in [0.2, 0.25) is 0 Å². The minimum absolute atomic E-state index is 0.128. The normalized spacial score (nSPS) is 11.9. The minimum atomic E-state index is -1.06. The Balaban J connectivity index is 2.22. The SMILES string of the molecule is O=C(CC(C(=O)O)c1cccc(Cl)c1)c1ccc(Cl)cc1. The van der Waals surface area contributed by atoms with E-state index in [1.165, 1.54) is 0 Å². The van der Waals surface area contributed by atoms with Gasteiger partial charge in [-0.3, -0.25) is 9.59 Å². The molecule has 0 aromatic heterocycles. The van der Waals surface area contributed by atoms with Crippen molar-refractivity contribution < 1.29 is 14.7 Å². The largest absolute Gasteiger partial charge is 0.481 e. The first-order chi connectivity index (χ1) is 9.97. The second-order valence-electron chi connectivity index (χ2n) is 4.58. The van der Waals surface area contributed by atoms with Crippen LogP contribution in [0.3, 0.4) is 0 Å². The van der Waals surface area contributed by atoms with Crippen molar-refractivity contribution in [1.82, 2.24) is 0 Å². The van der Waals surface area contributed by atoms with Crippen molar-refractivity contribution in [2.75, 3.05) is 0 Å². The smallest absolute Gasteiger partial charge is 0.311 e. The standard InChI is InChI=1S/C16H12Cl2O3/c17-12-6-4-10(5-7-12)15(19)9-14(16(20)21)11-2-1-3-13(18)8-11/h1-8,14H,9H2,(H,20,21). The van der Waals surface area contributed by atoms with E-state index in [4.69, 9.17) is 23.2 Å². The Hall–Kier alpha value is -1.84. The zero-order valence-electron chi connectivity index (χ0n) is 10.9. The summed E-state index contributed by atoms with van der Waals surface area (Å²) in [6.45, 7) is 0. The molecule has 2 aromatic rings. The van der Waals surface area contributed by atoms with Gasteiger partial charge in [0.05, 0.1) is 5.92 Å². The maximum atomic E-state index is 12.2. The summed E-state index contributed by atoms with van der Waals surface area (Å²) in [6.07, 6.45) is -0.128. The molecule has 0 aliphatic heterocycles. The first-order valence-corrected chi connectivity index (χ1v) is 7.00. The lowest BCUT2D eigenvalue weighted by Crippen LogP contribution is -2.16. The van der Waals surface area contributed by atoms with Crippen LogP contribution in [-0.2, 0) is 4.79 Å². The number of ketones is 1. The van der Waals surface area contributed by atoms with Crippen molar-refractivity contribution in [2.45, 2.75) is 12.3 Å². The van der Waals surface area contributed by atoms with Gasteiger partial charge in [-0.25, -0.2) is 0 Å². The third kappa shape index (κ3) is 4.06. The Morgan fingerprint density at radius 1 is 1.00 bits per heavy atom. The van der Waals surface area contributed by atoms with E-state index in [1.807, 2.05) is 0 Å². The number of rotatable bonds is 5. The van der Waals surface area contributed by atoms with Crippen LogP contribution in [0.4, 0.5) is 0 Å². The van der Waals surface area contributed by atoms with Crippen molar-refractivity contribution >= 4 is 35.0 Å². The van der Waals surface area contributed by atoms with Crippen LogP contribution in [0.2, 0.25) is 10.0 Å². The number of carbonyl (C=O) groups is 2. The van der Waals surface area contributed by atoms with Gasteiger partial charge < -0.3 is 5.11 Å². The highest BCUT2D eigenvalue weighted by molar-refractivity contribution is 6.31. The highest BCUT2D eigenvalue weighted by atomic mass is 35.5. The third-order valence-corrected chi connectivity index (χ3v) is 3.59. The first kappa shape index (κ1) is 15.5. The van der Waals surface area contributed by atoms with Gasteiger partial charge in [-0.1, -0.05) is 35.3 Å². The molecule has 0 saturated carbocycles. The summed E-state index contributed by atoms with van der Waals surface area (Å²) in [5, 5.41) is 10.3. The van der Waals surface area contributed by atoms with E-state index in [-0.39, 0.29) is 12.2 Å². The highest BCUT2D eigenvalue weighted by Gasteiger charge is 2.24. The zero-order valence-corrected chi connectivity index (χ0v) is 12.4. The van der Waals surface area contributed by atoms with Crippen LogP contribution in [0, 0.1) is 0 Å². The molecule has 0 bridgehead atoms. The van der Waals surface area contributed by atoms with Gasteiger partial charge in [-0.15, -0.1) is 0 Å². The molecule has 3 nitrogen and oxygen atoms in total. The number of hydrogen-bond acceptors (Lipinski definition) is 2. The number of benzene rings is 2. The summed E-state index contributed by atoms with van der Waals surface area (Å²) in [7, 11) is 0. The Morgan fingerprint density at radius 2 is 1.67 bits per heavy atom. The molecule has 0 spiro atoms. The van der Waals surface area contributed by atoms with Crippen LogP contribution < -0.4 is 0 Å². The maximum Gasteiger partial charge on any atom is 0.311 e. The molecule has 0 fully saturated rings. The molecule has 2 aromatic carbocycles. The second-order valence-corrected chi connectivity index (χ2v) is 5.45. The Kier molecular flexibility index (Phi) is 4.99. The number of carboxylic acids is 1. The molecule has 0 aliphatic rings. The molecule has 21 heavy (non-hydrogen) atoms. The van der Waals surface area contributed by atoms with Crippen LogP contribution in [-0.4, -0.2) is 16.9 Å². The second kappa shape index (κ2) is 6.74. The summed E-state index contributed by atoms with van der Waals surface area (Å²) in [6, 6.07) is 12.9. The molecule has 1 atom stereocenters. The summed E-state index contributed by atoms with van der Waals surface area (Å²) in [4.78, 5) is 23.6. The predicted molar refractivity (Wildman–Crippen MR) is 82.2 cm³/mol. The van der Waals surface area contributed by atoms with Crippen LogP contribution >= 0.6 is 23.2 Å². The summed E-state index contributed by atoms with van der Waals surface area (Å²) in [5.74, 6) is -2.23. The van der Waals surface area contributed by atoms with E-state index in [0.717, 1.165) is 0 Å². The van der Waals surface area contributed by atoms with E-state index in [2.05, 4.69) is 0 Å². The fourth-order valence-corrected chi connectivity index (χ4v) is 2.33. The average molecular weight is 323 g/mol. The Bertz CT molecular complexity index is 665. The topological polar surface area (TPSA) is 54.4 Å². The molecular formula is C16H12Cl2O3. The molecule has 0 heterocycles. The van der Waals surface area contributed by atoms with Crippen LogP contribution in [0.1, 0.15) is 28.3 Å². The van der Waals surface area contributed by atoms with Gasteiger partial charge in [-0.05, 0) is 42.0 Å². The molecule has 2 rings (SSSR count). The number of carbonyl (C=O) groups excluding carboxylic acids is 1. The van der Waals surface area contributed by atoms with Crippen molar-refractivity contribution in [3.05, 3.63) is 69.7 Å². The molecule has 0 amide bonds. The fourth-order valence-electron chi connectivity index (χ4n) is 2.01. The monoisotopic (exact) mass is 322 g/mol. The molecule has 1 N–H and O–H groups in total. The number of hydrogen-bond donors (Lipinski definition) is 1. The quantitative estimate of drug-likeness (QED) is 0.828. The van der Waals surface area contributed by atoms with Gasteiger partial charge in [-0.2, -0.15) is 0 Å². The minimum Gasteiger partial charge on any atom is -0.481 e. The lowest BCUT2D eigenvalue weighted by molar-refractivity contribution is -0.138. The van der Waals surface area contributed by atoms with Gasteiger partial charge in [0, 0.05) is 22.0 Å². The molecule has 108 valence electrons. The van der Waals surface area contributed by atoms with E-state index in [9.17, 15) is 14.7 Å². The lowest BCUT2D eigenvalue weighted by Gasteiger charge is -2.12. The Labute approximate surface area is 132 Å². The van der Waals surface area contributed by atoms with E-state index in [1.54, 1.807) is 48.5 Å². The Morgan fingerprint density at radius 3 is 2.24 bits per heavy atom. The van der Waals surface area contributed by atoms with E-state index in [0.29, 0.717) is 21.2 Å². The van der Waals surface area contributed by atoms with Crippen molar-refractivity contribution in [2.24, 2.45) is 0 Å². The van der Waals surface area contributed by atoms with Crippen molar-refractivity contribution in [1.29, 1.82) is 0 Å². The first-order valence-electron chi connectivity index (χ1n) is 6.24. The summed E-state index contributed by atoms with van der Waals surface area (Å²) < 4.78 is 0. The number of Topliss-reactive ketones (excluding diaryl/α,β-unsaturated/α-hetero) is 1. The van der Waals surface area contributed by atoms with E-state index >= 15 is 0 Å². The van der Waals surface area contributed by atoms with Crippen molar-refractivity contribution in [3.63, 3.8) is 0 Å². The summed E-state index contributed by atoms with van der Waals surface area (Å²) in [5.41, 5.74) is 0.949. The molecule has 5 heteroatoms. The van der Waals surface area contributed by atoms with Gasteiger partial charge in [0.25, 0.3) is 0 Å². The van der Waals surface area contributed by atoms with Crippen molar-refractivity contribution in [3.8, 4) is 0 Å². The van der Waals surface area contributed by atoms with Crippen LogP contribution in [0.25, 0.3) is 0 Å². The highest BCUT2D eigenvalue weighted by Crippen LogP contribution is 2.25. The predicted octanol–water partition coefficient (Wildman–Crippen LogP) is 4.43. The average Bonchev–Trinajstić information content (AvgIpc) is 2.45. The lowest BCUT2D eigenvalue weighted by atomic mass is 9.92. The third-order valence-electron chi connectivity index (χ3n) is 3.10. The molecule has 0 saturated heterocycles.